The molecule has 0 amide bonds. The molecule has 0 unspecified atom stereocenters. The number of benzene rings is 2. The van der Waals surface area contributed by atoms with E-state index >= 15 is 0 Å². The molecule has 0 fully saturated rings. The highest BCUT2D eigenvalue weighted by Gasteiger charge is 2.15. The molecule has 2 aromatic rings. The van der Waals surface area contributed by atoms with Gasteiger partial charge >= 0.3 is 0 Å². The van der Waals surface area contributed by atoms with Crippen molar-refractivity contribution in [2.75, 3.05) is 11.4 Å². The molecule has 0 N–H and O–H groups in total. The maximum absolute atomic E-state index is 2.45. The summed E-state index contributed by atoms with van der Waals surface area (Å²) >= 11 is 0. The highest BCUT2D eigenvalue weighted by Crippen LogP contribution is 2.25. The number of hydrogen-bond acceptors (Lipinski definition) is 1. The van der Waals surface area contributed by atoms with E-state index < -0.39 is 0 Å². The second-order valence-corrected chi connectivity index (χ2v) is 4.99. The summed E-state index contributed by atoms with van der Waals surface area (Å²) in [5, 5.41) is 0. The molecule has 96 valence electrons. The van der Waals surface area contributed by atoms with Crippen molar-refractivity contribution in [3.63, 3.8) is 0 Å². The Labute approximate surface area is 115 Å². The van der Waals surface area contributed by atoms with Gasteiger partial charge in [0.25, 0.3) is 0 Å². The number of hydrogen-bond donors (Lipinski definition) is 0. The number of nitrogens with zero attached hydrogens (tertiary/aromatic N) is 1. The first-order chi connectivity index (χ1) is 9.43. The molecule has 0 saturated heterocycles. The summed E-state index contributed by atoms with van der Waals surface area (Å²) in [6.07, 6.45) is 5.86. The van der Waals surface area contributed by atoms with Crippen molar-refractivity contribution in [3.8, 4) is 0 Å². The van der Waals surface area contributed by atoms with Crippen LogP contribution in [0.5, 0.6) is 0 Å². The predicted octanol–water partition coefficient (Wildman–Crippen LogP) is 4.41. The van der Waals surface area contributed by atoms with E-state index in [1.165, 1.54) is 29.8 Å². The standard InChI is InChI=1S/C18H19N/c1-3-9-16(10-4-1)15-18-13-7-8-14-19(18)17-11-5-2-6-12-17/h1-6,9-13H,7-8,14-15H2. The Morgan fingerprint density at radius 1 is 0.842 bits per heavy atom. The van der Waals surface area contributed by atoms with Crippen LogP contribution in [0.15, 0.2) is 72.4 Å². The molecule has 1 heterocycles. The second kappa shape index (κ2) is 5.75. The molecule has 0 aliphatic carbocycles. The molecular formula is C18H19N. The van der Waals surface area contributed by atoms with Crippen LogP contribution >= 0.6 is 0 Å². The Kier molecular flexibility index (Phi) is 3.64. The van der Waals surface area contributed by atoms with Gasteiger partial charge in [-0.25, -0.2) is 0 Å². The van der Waals surface area contributed by atoms with E-state index in [0.717, 1.165) is 13.0 Å². The quantitative estimate of drug-likeness (QED) is 0.778. The molecule has 0 bridgehead atoms. The molecule has 0 atom stereocenters. The molecule has 0 aromatic heterocycles. The summed E-state index contributed by atoms with van der Waals surface area (Å²) in [6, 6.07) is 21.4. The number of allylic oxidation sites excluding steroid dienone is 2. The first-order valence-corrected chi connectivity index (χ1v) is 6.99. The van der Waals surface area contributed by atoms with Crippen molar-refractivity contribution in [2.45, 2.75) is 19.3 Å². The van der Waals surface area contributed by atoms with Crippen molar-refractivity contribution < 1.29 is 0 Å². The van der Waals surface area contributed by atoms with Gasteiger partial charge in [-0.3, -0.25) is 0 Å². The van der Waals surface area contributed by atoms with Crippen molar-refractivity contribution in [1.82, 2.24) is 0 Å². The van der Waals surface area contributed by atoms with Crippen LogP contribution in [0.1, 0.15) is 18.4 Å². The lowest BCUT2D eigenvalue weighted by molar-refractivity contribution is 0.738. The highest BCUT2D eigenvalue weighted by atomic mass is 15.1. The average Bonchev–Trinajstić information content (AvgIpc) is 2.50. The fourth-order valence-electron chi connectivity index (χ4n) is 2.65. The molecule has 2 aromatic carbocycles. The first-order valence-electron chi connectivity index (χ1n) is 6.99. The molecular weight excluding hydrogens is 230 g/mol. The average molecular weight is 249 g/mol. The fourth-order valence-corrected chi connectivity index (χ4v) is 2.65. The van der Waals surface area contributed by atoms with Gasteiger partial charge in [-0.2, -0.15) is 0 Å². The Morgan fingerprint density at radius 3 is 2.26 bits per heavy atom. The van der Waals surface area contributed by atoms with Gasteiger partial charge in [0.15, 0.2) is 0 Å². The maximum atomic E-state index is 2.45. The van der Waals surface area contributed by atoms with Gasteiger partial charge < -0.3 is 4.90 Å². The molecule has 1 aliphatic heterocycles. The van der Waals surface area contributed by atoms with Crippen LogP contribution in [-0.2, 0) is 6.42 Å². The normalized spacial score (nSPS) is 15.2. The van der Waals surface area contributed by atoms with Gasteiger partial charge in [-0.15, -0.1) is 0 Å². The minimum absolute atomic E-state index is 1.02. The van der Waals surface area contributed by atoms with Crippen LogP contribution in [0.3, 0.4) is 0 Å². The summed E-state index contributed by atoms with van der Waals surface area (Å²) in [7, 11) is 0. The fraction of sp³-hybridized carbons (Fsp3) is 0.222. The van der Waals surface area contributed by atoms with Crippen LogP contribution in [0.4, 0.5) is 5.69 Å². The largest absolute Gasteiger partial charge is 0.345 e. The van der Waals surface area contributed by atoms with Crippen LogP contribution in [-0.4, -0.2) is 6.54 Å². The third kappa shape index (κ3) is 2.87. The van der Waals surface area contributed by atoms with Crippen molar-refractivity contribution in [3.05, 3.63) is 78.0 Å². The number of rotatable bonds is 3. The third-order valence-corrected chi connectivity index (χ3v) is 3.61. The zero-order valence-corrected chi connectivity index (χ0v) is 11.1. The summed E-state index contributed by atoms with van der Waals surface area (Å²) in [4.78, 5) is 2.45. The van der Waals surface area contributed by atoms with E-state index in [2.05, 4.69) is 71.6 Å². The Hall–Kier alpha value is -2.02. The molecule has 0 spiro atoms. The van der Waals surface area contributed by atoms with Crippen molar-refractivity contribution >= 4 is 5.69 Å². The van der Waals surface area contributed by atoms with E-state index in [4.69, 9.17) is 0 Å². The van der Waals surface area contributed by atoms with Crippen LogP contribution < -0.4 is 4.90 Å². The molecule has 1 heteroatoms. The Bertz CT molecular complexity index is 542. The van der Waals surface area contributed by atoms with Gasteiger partial charge in [0.1, 0.15) is 0 Å². The maximum Gasteiger partial charge on any atom is 0.0408 e. The van der Waals surface area contributed by atoms with Gasteiger partial charge in [-0.1, -0.05) is 54.6 Å². The zero-order chi connectivity index (χ0) is 12.9. The van der Waals surface area contributed by atoms with Crippen molar-refractivity contribution in [2.24, 2.45) is 0 Å². The zero-order valence-electron chi connectivity index (χ0n) is 11.1. The van der Waals surface area contributed by atoms with E-state index in [0.29, 0.717) is 0 Å². The SMILES string of the molecule is C1=C(Cc2ccccc2)N(c2ccccc2)CCC1. The first kappa shape index (κ1) is 12.0. The minimum atomic E-state index is 1.02. The third-order valence-electron chi connectivity index (χ3n) is 3.61. The van der Waals surface area contributed by atoms with E-state index in [-0.39, 0.29) is 0 Å². The van der Waals surface area contributed by atoms with E-state index in [1.54, 1.807) is 0 Å². The number of para-hydroxylation sites is 1. The van der Waals surface area contributed by atoms with Gasteiger partial charge in [0.05, 0.1) is 0 Å². The second-order valence-electron chi connectivity index (χ2n) is 4.99. The molecule has 19 heavy (non-hydrogen) atoms. The summed E-state index contributed by atoms with van der Waals surface area (Å²) in [5.41, 5.74) is 4.13. The Balaban J connectivity index is 1.84. The highest BCUT2D eigenvalue weighted by molar-refractivity contribution is 5.53. The van der Waals surface area contributed by atoms with Gasteiger partial charge in [0, 0.05) is 24.4 Å². The summed E-state index contributed by atoms with van der Waals surface area (Å²) in [6.45, 7) is 1.13. The molecule has 0 radical (unpaired) electrons. The molecule has 1 aliphatic rings. The predicted molar refractivity (Wildman–Crippen MR) is 81.3 cm³/mol. The summed E-state index contributed by atoms with van der Waals surface area (Å²) in [5.74, 6) is 0. The van der Waals surface area contributed by atoms with Crippen LogP contribution in [0.25, 0.3) is 0 Å². The smallest absolute Gasteiger partial charge is 0.0408 e. The Morgan fingerprint density at radius 2 is 1.53 bits per heavy atom. The molecule has 1 nitrogen and oxygen atoms in total. The van der Waals surface area contributed by atoms with Crippen molar-refractivity contribution in [1.29, 1.82) is 0 Å². The van der Waals surface area contributed by atoms with Crippen LogP contribution in [0, 0.1) is 0 Å². The monoisotopic (exact) mass is 249 g/mol. The van der Waals surface area contributed by atoms with Gasteiger partial charge in [0.2, 0.25) is 0 Å². The van der Waals surface area contributed by atoms with Crippen LogP contribution in [0.2, 0.25) is 0 Å². The number of anilines is 1. The summed E-state index contributed by atoms with van der Waals surface area (Å²) < 4.78 is 0. The molecule has 0 saturated carbocycles. The molecule has 3 rings (SSSR count). The van der Waals surface area contributed by atoms with E-state index in [9.17, 15) is 0 Å². The topological polar surface area (TPSA) is 3.24 Å². The van der Waals surface area contributed by atoms with Gasteiger partial charge in [-0.05, 0) is 30.5 Å². The minimum Gasteiger partial charge on any atom is -0.345 e. The lowest BCUT2D eigenvalue weighted by Gasteiger charge is -2.31. The lowest BCUT2D eigenvalue weighted by atomic mass is 10.0. The van der Waals surface area contributed by atoms with E-state index in [1.807, 2.05) is 0 Å². The lowest BCUT2D eigenvalue weighted by Crippen LogP contribution is -2.27.